The lowest BCUT2D eigenvalue weighted by Crippen LogP contribution is -2.42. The quantitative estimate of drug-likeness (QED) is 0.223. The van der Waals surface area contributed by atoms with Crippen LogP contribution in [0.2, 0.25) is 0 Å². The lowest BCUT2D eigenvalue weighted by Gasteiger charge is -2.39. The maximum absolute atomic E-state index is 5.99. The Kier molecular flexibility index (Phi) is 7.54. The Labute approximate surface area is 237 Å². The van der Waals surface area contributed by atoms with Gasteiger partial charge in [-0.1, -0.05) is 24.2 Å². The van der Waals surface area contributed by atoms with Crippen molar-refractivity contribution in [2.75, 3.05) is 36.7 Å². The Morgan fingerprint density at radius 3 is 2.73 bits per heavy atom. The highest BCUT2D eigenvalue weighted by Gasteiger charge is 2.36. The molecule has 0 bridgehead atoms. The van der Waals surface area contributed by atoms with Crippen molar-refractivity contribution >= 4 is 23.3 Å². The summed E-state index contributed by atoms with van der Waals surface area (Å²) >= 11 is 0. The summed E-state index contributed by atoms with van der Waals surface area (Å²) in [7, 11) is 1.64. The van der Waals surface area contributed by atoms with Crippen LogP contribution in [0, 0.1) is 6.92 Å². The molecule has 0 radical (unpaired) electrons. The average molecular weight is 554 g/mol. The first-order valence-electron chi connectivity index (χ1n) is 13.6. The number of hydrogen-bond donors (Lipinski definition) is 1. The minimum atomic E-state index is -0.0853. The molecule has 4 aromatic heterocycles. The van der Waals surface area contributed by atoms with Crippen molar-refractivity contribution in [2.45, 2.75) is 32.7 Å². The maximum atomic E-state index is 5.99. The van der Waals surface area contributed by atoms with Gasteiger partial charge < -0.3 is 18.9 Å². The van der Waals surface area contributed by atoms with Gasteiger partial charge in [0.1, 0.15) is 23.8 Å². The number of methoxy groups -OCH3 is 1. The molecule has 1 aliphatic heterocycles. The Balaban J connectivity index is 1.36. The third-order valence-corrected chi connectivity index (χ3v) is 6.90. The number of aromatic nitrogens is 7. The predicted octanol–water partition coefficient (Wildman–Crippen LogP) is 4.96. The Morgan fingerprint density at radius 2 is 1.98 bits per heavy atom. The van der Waals surface area contributed by atoms with Crippen molar-refractivity contribution in [3.63, 3.8) is 0 Å². The SMILES string of the molecule is CCc1nccnc1-c1cc([C@@H]2CCN2c2nc(OCCOC)cc(N(c3cccc(C)c3)c3cc[nH]n3)n2)on1. The second-order valence-electron chi connectivity index (χ2n) is 9.63. The predicted molar refractivity (Wildman–Crippen MR) is 153 cm³/mol. The molecule has 1 aliphatic rings. The molecule has 1 saturated heterocycles. The van der Waals surface area contributed by atoms with Gasteiger partial charge in [0.05, 0.1) is 18.3 Å². The van der Waals surface area contributed by atoms with E-state index in [2.05, 4.69) is 49.3 Å². The molecule has 0 unspecified atom stereocenters. The van der Waals surface area contributed by atoms with Gasteiger partial charge in [0.25, 0.3) is 0 Å². The van der Waals surface area contributed by atoms with Crippen LogP contribution < -0.4 is 14.5 Å². The number of aryl methyl sites for hydroxylation is 2. The number of hydrogen-bond acceptors (Lipinski definition) is 11. The first-order valence-corrected chi connectivity index (χ1v) is 13.6. The van der Waals surface area contributed by atoms with E-state index in [1.54, 1.807) is 25.7 Å². The van der Waals surface area contributed by atoms with Crippen molar-refractivity contribution in [3.8, 4) is 17.3 Å². The average Bonchev–Trinajstić information content (AvgIpc) is 3.66. The van der Waals surface area contributed by atoms with Gasteiger partial charge in [-0.2, -0.15) is 15.1 Å². The molecule has 0 saturated carbocycles. The first kappa shape index (κ1) is 26.4. The van der Waals surface area contributed by atoms with Crippen molar-refractivity contribution in [2.24, 2.45) is 0 Å². The fourth-order valence-corrected chi connectivity index (χ4v) is 4.79. The molecule has 12 heteroatoms. The minimum absolute atomic E-state index is 0.0853. The van der Waals surface area contributed by atoms with Crippen LogP contribution in [0.1, 0.15) is 36.4 Å². The van der Waals surface area contributed by atoms with Crippen molar-refractivity contribution in [3.05, 3.63) is 78.1 Å². The summed E-state index contributed by atoms with van der Waals surface area (Å²) in [6.45, 7) is 5.64. The summed E-state index contributed by atoms with van der Waals surface area (Å²) in [5, 5.41) is 11.7. The third-order valence-electron chi connectivity index (χ3n) is 6.90. The lowest BCUT2D eigenvalue weighted by atomic mass is 10.0. The topological polar surface area (TPSA) is 131 Å². The number of benzene rings is 1. The minimum Gasteiger partial charge on any atom is -0.475 e. The van der Waals surface area contributed by atoms with E-state index in [1.165, 1.54) is 0 Å². The molecule has 1 aromatic carbocycles. The molecule has 41 heavy (non-hydrogen) atoms. The number of H-pyrrole nitrogens is 1. The third kappa shape index (κ3) is 5.46. The second-order valence-corrected chi connectivity index (χ2v) is 9.63. The number of rotatable bonds is 11. The van der Waals surface area contributed by atoms with E-state index >= 15 is 0 Å². The molecule has 1 atom stereocenters. The van der Waals surface area contributed by atoms with Crippen LogP contribution in [0.3, 0.4) is 0 Å². The fourth-order valence-electron chi connectivity index (χ4n) is 4.79. The highest BCUT2D eigenvalue weighted by atomic mass is 16.5. The molecule has 5 heterocycles. The fraction of sp³-hybridized carbons (Fsp3) is 0.310. The van der Waals surface area contributed by atoms with Gasteiger partial charge in [0.15, 0.2) is 11.6 Å². The Hall–Kier alpha value is -4.84. The maximum Gasteiger partial charge on any atom is 0.231 e. The zero-order valence-electron chi connectivity index (χ0n) is 23.2. The highest BCUT2D eigenvalue weighted by Crippen LogP contribution is 2.40. The van der Waals surface area contributed by atoms with Crippen LogP contribution in [0.4, 0.5) is 23.3 Å². The van der Waals surface area contributed by atoms with Gasteiger partial charge in [-0.05, 0) is 37.5 Å². The Morgan fingerprint density at radius 1 is 1.07 bits per heavy atom. The van der Waals surface area contributed by atoms with Gasteiger partial charge in [-0.25, -0.2) is 0 Å². The van der Waals surface area contributed by atoms with E-state index in [0.29, 0.717) is 42.4 Å². The lowest BCUT2D eigenvalue weighted by molar-refractivity contribution is 0.143. The molecule has 12 nitrogen and oxygen atoms in total. The van der Waals surface area contributed by atoms with Crippen LogP contribution >= 0.6 is 0 Å². The van der Waals surface area contributed by atoms with E-state index in [9.17, 15) is 0 Å². The Bertz CT molecular complexity index is 1600. The summed E-state index contributed by atoms with van der Waals surface area (Å²) < 4.78 is 17.0. The smallest absolute Gasteiger partial charge is 0.231 e. The van der Waals surface area contributed by atoms with E-state index in [-0.39, 0.29) is 6.04 Å². The summed E-state index contributed by atoms with van der Waals surface area (Å²) in [6.07, 6.45) is 6.76. The molecule has 5 aromatic rings. The number of aromatic amines is 1. The van der Waals surface area contributed by atoms with E-state index in [1.807, 2.05) is 42.2 Å². The van der Waals surface area contributed by atoms with Gasteiger partial charge in [0, 0.05) is 56.1 Å². The van der Waals surface area contributed by atoms with Gasteiger partial charge in [0.2, 0.25) is 11.8 Å². The van der Waals surface area contributed by atoms with Gasteiger partial charge in [-0.3, -0.25) is 20.0 Å². The van der Waals surface area contributed by atoms with Crippen LogP contribution in [0.25, 0.3) is 11.4 Å². The van der Waals surface area contributed by atoms with E-state index in [0.717, 1.165) is 47.8 Å². The normalized spacial score (nSPS) is 14.6. The van der Waals surface area contributed by atoms with Crippen molar-refractivity contribution in [1.29, 1.82) is 0 Å². The zero-order valence-corrected chi connectivity index (χ0v) is 23.2. The van der Waals surface area contributed by atoms with Crippen molar-refractivity contribution < 1.29 is 14.0 Å². The number of nitrogens with zero attached hydrogens (tertiary/aromatic N) is 8. The molecular weight excluding hydrogens is 522 g/mol. The summed E-state index contributed by atoms with van der Waals surface area (Å²) in [5.74, 6) is 2.99. The number of nitrogens with one attached hydrogen (secondary N) is 1. The van der Waals surface area contributed by atoms with E-state index in [4.69, 9.17) is 24.0 Å². The highest BCUT2D eigenvalue weighted by molar-refractivity contribution is 5.73. The number of ether oxygens (including phenoxy) is 2. The molecule has 1 fully saturated rings. The zero-order chi connectivity index (χ0) is 28.2. The van der Waals surface area contributed by atoms with Crippen LogP contribution in [0.5, 0.6) is 5.88 Å². The molecule has 0 spiro atoms. The van der Waals surface area contributed by atoms with Gasteiger partial charge >= 0.3 is 0 Å². The van der Waals surface area contributed by atoms with Crippen molar-refractivity contribution in [1.82, 2.24) is 35.3 Å². The monoisotopic (exact) mass is 553 g/mol. The standard InChI is InChI=1S/C29H31N9O3/c1-4-21-28(31-12-11-30-21)22-17-24(41-36-22)23-9-13-37(23)29-33-26(18-27(34-29)40-15-14-39-3)38(25-8-10-32-35-25)20-7-5-6-19(2)16-20/h5-8,10-12,16-18,23H,4,9,13-15H2,1-3H3,(H,32,35)/t23-/m0/s1. The molecule has 6 rings (SSSR count). The van der Waals surface area contributed by atoms with Crippen LogP contribution in [-0.4, -0.2) is 62.2 Å². The summed E-state index contributed by atoms with van der Waals surface area (Å²) in [5.41, 5.74) is 4.31. The largest absolute Gasteiger partial charge is 0.475 e. The molecule has 1 N–H and O–H groups in total. The molecular formula is C29H31N9O3. The van der Waals surface area contributed by atoms with Gasteiger partial charge in [-0.15, -0.1) is 0 Å². The molecule has 0 amide bonds. The summed E-state index contributed by atoms with van der Waals surface area (Å²) in [6, 6.07) is 13.7. The van der Waals surface area contributed by atoms with Crippen LogP contribution in [-0.2, 0) is 11.2 Å². The van der Waals surface area contributed by atoms with Crippen LogP contribution in [0.15, 0.2) is 65.6 Å². The first-order chi connectivity index (χ1) is 20.1. The number of anilines is 4. The second kappa shape index (κ2) is 11.7. The summed E-state index contributed by atoms with van der Waals surface area (Å²) in [4.78, 5) is 22.8. The molecule has 0 aliphatic carbocycles. The molecule has 210 valence electrons. The van der Waals surface area contributed by atoms with E-state index < -0.39 is 0 Å².